The van der Waals surface area contributed by atoms with Gasteiger partial charge in [-0.3, -0.25) is 9.78 Å². The van der Waals surface area contributed by atoms with Gasteiger partial charge in [-0.15, -0.1) is 0 Å². The van der Waals surface area contributed by atoms with Crippen LogP contribution in [-0.2, 0) is 7.05 Å². The molecule has 2 rings (SSSR count). The smallest absolute Gasteiger partial charge is 0.259 e. The van der Waals surface area contributed by atoms with Gasteiger partial charge in [-0.25, -0.2) is 0 Å². The van der Waals surface area contributed by atoms with Crippen LogP contribution >= 0.6 is 0 Å². The van der Waals surface area contributed by atoms with Crippen molar-refractivity contribution in [1.82, 2.24) is 9.55 Å². The monoisotopic (exact) mass is 174 g/mol. The van der Waals surface area contributed by atoms with Gasteiger partial charge in [0.2, 0.25) is 0 Å². The molecule has 0 aliphatic rings. The quantitative estimate of drug-likeness (QED) is 0.602. The zero-order valence-electron chi connectivity index (χ0n) is 7.61. The molecule has 2 aromatic rings. The summed E-state index contributed by atoms with van der Waals surface area (Å²) in [6.45, 7) is 1.90. The van der Waals surface area contributed by atoms with E-state index in [0.717, 1.165) is 11.2 Å². The molecule has 0 bridgehead atoms. The van der Waals surface area contributed by atoms with Gasteiger partial charge in [-0.05, 0) is 25.1 Å². The second-order valence-corrected chi connectivity index (χ2v) is 3.09. The van der Waals surface area contributed by atoms with Crippen LogP contribution in [0.2, 0.25) is 0 Å². The predicted octanol–water partition coefficient (Wildman–Crippen LogP) is 1.24. The molecule has 0 amide bonds. The van der Waals surface area contributed by atoms with Crippen molar-refractivity contribution in [3.63, 3.8) is 0 Å². The van der Waals surface area contributed by atoms with Crippen LogP contribution in [-0.4, -0.2) is 9.55 Å². The first kappa shape index (κ1) is 7.98. The number of aromatic nitrogens is 2. The third-order valence-corrected chi connectivity index (χ3v) is 2.25. The van der Waals surface area contributed by atoms with E-state index in [2.05, 4.69) is 4.98 Å². The molecule has 2 aromatic heterocycles. The highest BCUT2D eigenvalue weighted by Crippen LogP contribution is 2.06. The van der Waals surface area contributed by atoms with Crippen molar-refractivity contribution in [2.24, 2.45) is 7.05 Å². The second kappa shape index (κ2) is 2.69. The summed E-state index contributed by atoms with van der Waals surface area (Å²) in [7, 11) is 1.77. The van der Waals surface area contributed by atoms with Crippen molar-refractivity contribution in [2.75, 3.05) is 0 Å². The lowest BCUT2D eigenvalue weighted by Crippen LogP contribution is -2.18. The summed E-state index contributed by atoms with van der Waals surface area (Å²) < 4.78 is 1.63. The molecule has 0 saturated carbocycles. The summed E-state index contributed by atoms with van der Waals surface area (Å²) in [5.41, 5.74) is 1.71. The molecule has 0 aromatic carbocycles. The Morgan fingerprint density at radius 1 is 1.46 bits per heavy atom. The van der Waals surface area contributed by atoms with Gasteiger partial charge in [0.25, 0.3) is 5.56 Å². The van der Waals surface area contributed by atoms with Gasteiger partial charge in [0.05, 0.1) is 10.9 Å². The highest BCUT2D eigenvalue weighted by atomic mass is 16.1. The molecule has 13 heavy (non-hydrogen) atoms. The fraction of sp³-hybridized carbons (Fsp3) is 0.200. The van der Waals surface area contributed by atoms with E-state index >= 15 is 0 Å². The van der Waals surface area contributed by atoms with Crippen LogP contribution in [0.15, 0.2) is 29.2 Å². The van der Waals surface area contributed by atoms with E-state index in [4.69, 9.17) is 0 Å². The van der Waals surface area contributed by atoms with E-state index in [1.54, 1.807) is 29.9 Å². The molecule has 0 radical (unpaired) electrons. The Morgan fingerprint density at radius 2 is 2.23 bits per heavy atom. The molecular formula is C10H10N2O. The Bertz CT molecular complexity index is 514. The summed E-state index contributed by atoms with van der Waals surface area (Å²) in [6.07, 6.45) is 1.70. The molecule has 3 heteroatoms. The summed E-state index contributed by atoms with van der Waals surface area (Å²) in [6, 6.07) is 5.49. The van der Waals surface area contributed by atoms with Crippen LogP contribution in [0.1, 0.15) is 5.69 Å². The standard InChI is InChI=1S/C10H10N2O/c1-7-6-9-8(4-3-5-11-9)10(13)12(7)2/h3-6H,1-2H3. The minimum absolute atomic E-state index is 0.0168. The largest absolute Gasteiger partial charge is 0.315 e. The number of hydrogen-bond acceptors (Lipinski definition) is 2. The van der Waals surface area contributed by atoms with E-state index < -0.39 is 0 Å². The maximum absolute atomic E-state index is 11.7. The van der Waals surface area contributed by atoms with Gasteiger partial charge in [-0.2, -0.15) is 0 Å². The first-order valence-electron chi connectivity index (χ1n) is 4.11. The molecule has 0 fully saturated rings. The third kappa shape index (κ3) is 1.13. The fourth-order valence-electron chi connectivity index (χ4n) is 1.35. The number of hydrogen-bond donors (Lipinski definition) is 0. The topological polar surface area (TPSA) is 34.9 Å². The maximum atomic E-state index is 11.7. The SMILES string of the molecule is Cc1cc2ncccc2c(=O)n1C. The van der Waals surface area contributed by atoms with Crippen LogP contribution in [0, 0.1) is 6.92 Å². The molecule has 0 aliphatic heterocycles. The number of fused-ring (bicyclic) bond motifs is 1. The minimum atomic E-state index is 0.0168. The van der Waals surface area contributed by atoms with Gasteiger partial charge >= 0.3 is 0 Å². The van der Waals surface area contributed by atoms with Gasteiger partial charge in [0, 0.05) is 18.9 Å². The molecule has 0 unspecified atom stereocenters. The molecule has 66 valence electrons. The number of pyridine rings is 2. The summed E-state index contributed by atoms with van der Waals surface area (Å²) in [5, 5.41) is 0.676. The molecule has 3 nitrogen and oxygen atoms in total. The van der Waals surface area contributed by atoms with E-state index in [1.807, 2.05) is 13.0 Å². The average molecular weight is 174 g/mol. The second-order valence-electron chi connectivity index (χ2n) is 3.09. The summed E-state index contributed by atoms with van der Waals surface area (Å²) in [5.74, 6) is 0. The van der Waals surface area contributed by atoms with Crippen LogP contribution in [0.4, 0.5) is 0 Å². The fourth-order valence-corrected chi connectivity index (χ4v) is 1.35. The highest BCUT2D eigenvalue weighted by molar-refractivity contribution is 5.77. The van der Waals surface area contributed by atoms with Gasteiger partial charge in [-0.1, -0.05) is 0 Å². The molecule has 0 saturated heterocycles. The molecule has 0 N–H and O–H groups in total. The van der Waals surface area contributed by atoms with Crippen molar-refractivity contribution < 1.29 is 0 Å². The lowest BCUT2D eigenvalue weighted by atomic mass is 10.2. The first-order chi connectivity index (χ1) is 6.20. The average Bonchev–Trinajstić information content (AvgIpc) is 2.15. The van der Waals surface area contributed by atoms with Crippen molar-refractivity contribution in [1.29, 1.82) is 0 Å². The zero-order valence-corrected chi connectivity index (χ0v) is 7.61. The van der Waals surface area contributed by atoms with Crippen LogP contribution in [0.3, 0.4) is 0 Å². The van der Waals surface area contributed by atoms with Crippen LogP contribution in [0.5, 0.6) is 0 Å². The van der Waals surface area contributed by atoms with Crippen molar-refractivity contribution in [2.45, 2.75) is 6.92 Å². The molecule has 0 atom stereocenters. The molecule has 0 aliphatic carbocycles. The maximum Gasteiger partial charge on any atom is 0.259 e. The van der Waals surface area contributed by atoms with Gasteiger partial charge < -0.3 is 4.57 Å². The molecule has 0 spiro atoms. The predicted molar refractivity (Wildman–Crippen MR) is 51.7 cm³/mol. The summed E-state index contributed by atoms with van der Waals surface area (Å²) >= 11 is 0. The van der Waals surface area contributed by atoms with Gasteiger partial charge in [0.15, 0.2) is 0 Å². The number of rotatable bonds is 0. The Balaban J connectivity index is 3.03. The summed E-state index contributed by atoms with van der Waals surface area (Å²) in [4.78, 5) is 15.8. The molecular weight excluding hydrogens is 164 g/mol. The van der Waals surface area contributed by atoms with Crippen molar-refractivity contribution in [3.8, 4) is 0 Å². The Kier molecular flexibility index (Phi) is 1.65. The van der Waals surface area contributed by atoms with E-state index in [0.29, 0.717) is 5.39 Å². The Morgan fingerprint density at radius 3 is 3.00 bits per heavy atom. The first-order valence-corrected chi connectivity index (χ1v) is 4.11. The van der Waals surface area contributed by atoms with Crippen molar-refractivity contribution >= 4 is 10.9 Å². The highest BCUT2D eigenvalue weighted by Gasteiger charge is 2.02. The lowest BCUT2D eigenvalue weighted by molar-refractivity contribution is 0.829. The Hall–Kier alpha value is -1.64. The van der Waals surface area contributed by atoms with Gasteiger partial charge in [0.1, 0.15) is 0 Å². The van der Waals surface area contributed by atoms with Crippen LogP contribution in [0.25, 0.3) is 10.9 Å². The van der Waals surface area contributed by atoms with Crippen LogP contribution < -0.4 is 5.56 Å². The van der Waals surface area contributed by atoms with E-state index in [9.17, 15) is 4.79 Å². The Labute approximate surface area is 75.7 Å². The normalized spacial score (nSPS) is 10.6. The van der Waals surface area contributed by atoms with Crippen molar-refractivity contribution in [3.05, 3.63) is 40.4 Å². The third-order valence-electron chi connectivity index (χ3n) is 2.25. The molecule has 2 heterocycles. The number of aryl methyl sites for hydroxylation is 1. The minimum Gasteiger partial charge on any atom is -0.315 e. The number of nitrogens with zero attached hydrogens (tertiary/aromatic N) is 2. The zero-order chi connectivity index (χ0) is 9.42. The van der Waals surface area contributed by atoms with E-state index in [1.165, 1.54) is 0 Å². The van der Waals surface area contributed by atoms with E-state index in [-0.39, 0.29) is 5.56 Å². The lowest BCUT2D eigenvalue weighted by Gasteiger charge is -2.04.